The van der Waals surface area contributed by atoms with E-state index in [9.17, 15) is 4.79 Å². The van der Waals surface area contributed by atoms with Gasteiger partial charge in [0.2, 0.25) is 0 Å². The number of hydrogen-bond acceptors (Lipinski definition) is 3. The fraction of sp³-hybridized carbons (Fsp3) is 0.387. The Morgan fingerprint density at radius 2 is 1.51 bits per heavy atom. The Labute approximate surface area is 210 Å². The predicted octanol–water partition coefficient (Wildman–Crippen LogP) is 6.28. The van der Waals surface area contributed by atoms with Crippen molar-refractivity contribution in [2.24, 2.45) is 0 Å². The zero-order valence-electron chi connectivity index (χ0n) is 20.9. The normalized spacial score (nSPS) is 14.7. The van der Waals surface area contributed by atoms with E-state index in [1.165, 1.54) is 11.1 Å². The first-order valence-corrected chi connectivity index (χ1v) is 13.1. The fourth-order valence-electron chi connectivity index (χ4n) is 4.81. The average molecular weight is 471 g/mol. The minimum absolute atomic E-state index is 0.0109. The van der Waals surface area contributed by atoms with Crippen LogP contribution in [0.3, 0.4) is 0 Å². The predicted molar refractivity (Wildman–Crippen MR) is 143 cm³/mol. The van der Waals surface area contributed by atoms with Crippen molar-refractivity contribution in [2.75, 3.05) is 26.2 Å². The standard InChI is InChI=1S/C31H38N2O2/c1-2-3-24-35-29-16-14-27(15-17-29)31(34)32-28-18-21-33(22-19-28)23-20-30(25-10-6-4-7-11-25)26-12-8-5-9-13-26/h4-17,28,30H,2-3,18-24H2,1H3,(H,32,34). The van der Waals surface area contributed by atoms with Gasteiger partial charge in [-0.1, -0.05) is 74.0 Å². The van der Waals surface area contributed by atoms with Crippen LogP contribution in [0, 0.1) is 0 Å². The first-order valence-electron chi connectivity index (χ1n) is 13.1. The molecule has 0 bridgehead atoms. The SMILES string of the molecule is CCCCOc1ccc(C(=O)NC2CCN(CCC(c3ccccc3)c3ccccc3)CC2)cc1. The fourth-order valence-corrected chi connectivity index (χ4v) is 4.81. The van der Waals surface area contributed by atoms with E-state index in [1.54, 1.807) is 0 Å². The molecular weight excluding hydrogens is 432 g/mol. The Kier molecular flexibility index (Phi) is 9.36. The number of unbranched alkanes of at least 4 members (excludes halogenated alkanes) is 1. The Morgan fingerprint density at radius 3 is 2.09 bits per heavy atom. The number of benzene rings is 3. The molecule has 0 spiro atoms. The first kappa shape index (κ1) is 25.0. The van der Waals surface area contributed by atoms with E-state index in [2.05, 4.69) is 77.8 Å². The third-order valence-electron chi connectivity index (χ3n) is 6.94. The molecule has 1 amide bonds. The van der Waals surface area contributed by atoms with E-state index in [0.29, 0.717) is 11.5 Å². The van der Waals surface area contributed by atoms with Crippen LogP contribution in [0.15, 0.2) is 84.9 Å². The summed E-state index contributed by atoms with van der Waals surface area (Å²) in [7, 11) is 0. The highest BCUT2D eigenvalue weighted by Crippen LogP contribution is 2.28. The number of hydrogen-bond donors (Lipinski definition) is 1. The van der Waals surface area contributed by atoms with E-state index in [-0.39, 0.29) is 11.9 Å². The Hall–Kier alpha value is -3.11. The monoisotopic (exact) mass is 470 g/mol. The second-order valence-electron chi connectivity index (χ2n) is 9.48. The number of piperidine rings is 1. The number of nitrogens with one attached hydrogen (secondary N) is 1. The molecule has 3 aromatic rings. The summed E-state index contributed by atoms with van der Waals surface area (Å²) in [6, 6.07) is 29.4. The zero-order valence-corrected chi connectivity index (χ0v) is 20.9. The number of nitrogens with zero attached hydrogens (tertiary/aromatic N) is 1. The molecule has 0 aliphatic carbocycles. The van der Waals surface area contributed by atoms with Gasteiger partial charge in [-0.05, 0) is 67.6 Å². The summed E-state index contributed by atoms with van der Waals surface area (Å²) >= 11 is 0. The lowest BCUT2D eigenvalue weighted by Gasteiger charge is -2.33. The van der Waals surface area contributed by atoms with Crippen LogP contribution in [0.4, 0.5) is 0 Å². The molecule has 35 heavy (non-hydrogen) atoms. The molecule has 0 aromatic heterocycles. The highest BCUT2D eigenvalue weighted by Gasteiger charge is 2.22. The molecule has 1 aliphatic rings. The Bertz CT molecular complexity index is 973. The maximum absolute atomic E-state index is 12.7. The molecule has 1 saturated heterocycles. The molecule has 3 aromatic carbocycles. The second kappa shape index (κ2) is 13.1. The quantitative estimate of drug-likeness (QED) is 0.335. The summed E-state index contributed by atoms with van der Waals surface area (Å²) in [5.74, 6) is 1.24. The van der Waals surface area contributed by atoms with Gasteiger partial charge in [0.1, 0.15) is 5.75 Å². The van der Waals surface area contributed by atoms with E-state index < -0.39 is 0 Å². The topological polar surface area (TPSA) is 41.6 Å². The van der Waals surface area contributed by atoms with Crippen LogP contribution >= 0.6 is 0 Å². The van der Waals surface area contributed by atoms with Gasteiger partial charge in [0, 0.05) is 30.6 Å². The van der Waals surface area contributed by atoms with Crippen molar-refractivity contribution >= 4 is 5.91 Å². The van der Waals surface area contributed by atoms with Crippen LogP contribution in [-0.4, -0.2) is 43.1 Å². The molecule has 0 atom stereocenters. The molecule has 1 heterocycles. The van der Waals surface area contributed by atoms with Gasteiger partial charge in [-0.2, -0.15) is 0 Å². The summed E-state index contributed by atoms with van der Waals surface area (Å²) in [5.41, 5.74) is 3.45. The third-order valence-corrected chi connectivity index (χ3v) is 6.94. The second-order valence-corrected chi connectivity index (χ2v) is 9.48. The highest BCUT2D eigenvalue weighted by molar-refractivity contribution is 5.94. The van der Waals surface area contributed by atoms with Crippen LogP contribution in [0.5, 0.6) is 5.75 Å². The van der Waals surface area contributed by atoms with Gasteiger partial charge in [-0.3, -0.25) is 4.79 Å². The van der Waals surface area contributed by atoms with Gasteiger partial charge in [0.05, 0.1) is 6.61 Å². The smallest absolute Gasteiger partial charge is 0.251 e. The first-order chi connectivity index (χ1) is 17.2. The van der Waals surface area contributed by atoms with Gasteiger partial charge in [-0.25, -0.2) is 0 Å². The third kappa shape index (κ3) is 7.43. The number of carbonyl (C=O) groups excluding carboxylic acids is 1. The van der Waals surface area contributed by atoms with Gasteiger partial charge < -0.3 is 15.0 Å². The van der Waals surface area contributed by atoms with Crippen LogP contribution in [0.25, 0.3) is 0 Å². The van der Waals surface area contributed by atoms with Gasteiger partial charge in [0.25, 0.3) is 5.91 Å². The minimum Gasteiger partial charge on any atom is -0.494 e. The molecule has 1 fully saturated rings. The molecular formula is C31H38N2O2. The van der Waals surface area contributed by atoms with Gasteiger partial charge in [0.15, 0.2) is 0 Å². The van der Waals surface area contributed by atoms with Crippen molar-refractivity contribution in [3.63, 3.8) is 0 Å². The molecule has 184 valence electrons. The summed E-state index contributed by atoms with van der Waals surface area (Å²) in [6.07, 6.45) is 5.23. The van der Waals surface area contributed by atoms with Gasteiger partial charge in [-0.15, -0.1) is 0 Å². The summed E-state index contributed by atoms with van der Waals surface area (Å²) in [5, 5.41) is 3.24. The lowest BCUT2D eigenvalue weighted by atomic mass is 9.88. The number of ether oxygens (including phenoxy) is 1. The largest absolute Gasteiger partial charge is 0.494 e. The van der Waals surface area contributed by atoms with Crippen molar-refractivity contribution in [1.29, 1.82) is 0 Å². The minimum atomic E-state index is 0.0109. The number of rotatable bonds is 11. The van der Waals surface area contributed by atoms with E-state index in [1.807, 2.05) is 24.3 Å². The molecule has 4 nitrogen and oxygen atoms in total. The molecule has 1 aliphatic heterocycles. The Morgan fingerprint density at radius 1 is 0.914 bits per heavy atom. The maximum atomic E-state index is 12.7. The van der Waals surface area contributed by atoms with Crippen molar-refractivity contribution in [1.82, 2.24) is 10.2 Å². The average Bonchev–Trinajstić information content (AvgIpc) is 2.91. The van der Waals surface area contributed by atoms with Crippen molar-refractivity contribution < 1.29 is 9.53 Å². The summed E-state index contributed by atoms with van der Waals surface area (Å²) in [6.45, 7) is 5.97. The maximum Gasteiger partial charge on any atom is 0.251 e. The lowest BCUT2D eigenvalue weighted by molar-refractivity contribution is 0.0910. The van der Waals surface area contributed by atoms with Crippen LogP contribution in [0.1, 0.15) is 66.4 Å². The lowest BCUT2D eigenvalue weighted by Crippen LogP contribution is -2.45. The van der Waals surface area contributed by atoms with E-state index in [0.717, 1.165) is 64.1 Å². The van der Waals surface area contributed by atoms with E-state index in [4.69, 9.17) is 4.74 Å². The van der Waals surface area contributed by atoms with Crippen LogP contribution in [0.2, 0.25) is 0 Å². The molecule has 4 heteroatoms. The number of amides is 1. The molecule has 4 rings (SSSR count). The van der Waals surface area contributed by atoms with E-state index >= 15 is 0 Å². The molecule has 0 radical (unpaired) electrons. The summed E-state index contributed by atoms with van der Waals surface area (Å²) < 4.78 is 5.70. The molecule has 0 saturated carbocycles. The zero-order chi connectivity index (χ0) is 24.3. The summed E-state index contributed by atoms with van der Waals surface area (Å²) in [4.78, 5) is 15.3. The number of likely N-dealkylation sites (tertiary alicyclic amines) is 1. The molecule has 1 N–H and O–H groups in total. The van der Waals surface area contributed by atoms with Crippen molar-refractivity contribution in [2.45, 2.75) is 51.0 Å². The Balaban J connectivity index is 1.24. The highest BCUT2D eigenvalue weighted by atomic mass is 16.5. The number of carbonyl (C=O) groups is 1. The molecule has 0 unspecified atom stereocenters. The van der Waals surface area contributed by atoms with Gasteiger partial charge >= 0.3 is 0 Å². The van der Waals surface area contributed by atoms with Crippen LogP contribution < -0.4 is 10.1 Å². The van der Waals surface area contributed by atoms with Crippen molar-refractivity contribution in [3.8, 4) is 5.75 Å². The van der Waals surface area contributed by atoms with Crippen LogP contribution in [-0.2, 0) is 0 Å². The van der Waals surface area contributed by atoms with Crippen molar-refractivity contribution in [3.05, 3.63) is 102 Å².